The summed E-state index contributed by atoms with van der Waals surface area (Å²) in [4.78, 5) is 14.9. The van der Waals surface area contributed by atoms with E-state index in [1.807, 2.05) is 0 Å². The Balaban J connectivity index is 2.42. The number of hydrogen-bond donors (Lipinski definition) is 1. The van der Waals surface area contributed by atoms with Crippen molar-refractivity contribution in [2.24, 2.45) is 0 Å². The second-order valence-corrected chi connectivity index (χ2v) is 2.68. The number of furan rings is 1. The molecule has 0 bridgehead atoms. The lowest BCUT2D eigenvalue weighted by Gasteiger charge is -1.98. The molecule has 2 aromatic rings. The first-order valence-corrected chi connectivity index (χ1v) is 3.87. The number of aromatic nitrogens is 1. The van der Waals surface area contributed by atoms with E-state index < -0.39 is 0 Å². The Bertz CT molecular complexity index is 448. The minimum absolute atomic E-state index is 0.129. The summed E-state index contributed by atoms with van der Waals surface area (Å²) in [6, 6.07) is 5.22. The van der Waals surface area contributed by atoms with Crippen molar-refractivity contribution in [1.29, 1.82) is 0 Å². The van der Waals surface area contributed by atoms with E-state index in [-0.39, 0.29) is 5.91 Å². The van der Waals surface area contributed by atoms with Crippen LogP contribution in [-0.4, -0.2) is 10.9 Å². The molecule has 0 aliphatic rings. The van der Waals surface area contributed by atoms with Crippen LogP contribution in [0.15, 0.2) is 28.9 Å². The summed E-state index contributed by atoms with van der Waals surface area (Å²) in [5.74, 6) is 0.414. The van der Waals surface area contributed by atoms with Crippen molar-refractivity contribution in [3.05, 3.63) is 24.5 Å². The number of carbonyl (C=O) groups excluding carboxylic acids is 1. The maximum Gasteiger partial charge on any atom is 0.222 e. The highest BCUT2D eigenvalue weighted by Gasteiger charge is 2.00. The predicted octanol–water partition coefficient (Wildman–Crippen LogP) is 1.79. The molecule has 0 saturated carbocycles. The molecule has 1 N–H and O–H groups in total. The topological polar surface area (TPSA) is 55.1 Å². The van der Waals surface area contributed by atoms with Crippen LogP contribution in [0.4, 0.5) is 5.82 Å². The highest BCUT2D eigenvalue weighted by Crippen LogP contribution is 2.15. The van der Waals surface area contributed by atoms with Crippen molar-refractivity contribution in [2.75, 3.05) is 5.32 Å². The third-order valence-corrected chi connectivity index (χ3v) is 1.61. The predicted molar refractivity (Wildman–Crippen MR) is 48.3 cm³/mol. The summed E-state index contributed by atoms with van der Waals surface area (Å²) in [5.41, 5.74) is 1.46. The minimum Gasteiger partial charge on any atom is -0.463 e. The zero-order valence-electron chi connectivity index (χ0n) is 7.07. The average Bonchev–Trinajstić information content (AvgIpc) is 2.49. The van der Waals surface area contributed by atoms with Crippen LogP contribution in [0.2, 0.25) is 0 Å². The number of hydrogen-bond acceptors (Lipinski definition) is 3. The van der Waals surface area contributed by atoms with Gasteiger partial charge in [-0.3, -0.25) is 4.79 Å². The molecule has 0 radical (unpaired) electrons. The molecule has 0 unspecified atom stereocenters. The number of nitrogens with zero attached hydrogens (tertiary/aromatic N) is 1. The molecule has 1 amide bonds. The number of amides is 1. The lowest BCUT2D eigenvalue weighted by molar-refractivity contribution is -0.114. The zero-order chi connectivity index (χ0) is 9.26. The first-order chi connectivity index (χ1) is 6.25. The fraction of sp³-hybridized carbons (Fsp3) is 0.111. The Morgan fingerprint density at radius 2 is 2.31 bits per heavy atom. The monoisotopic (exact) mass is 176 g/mol. The smallest absolute Gasteiger partial charge is 0.222 e. The van der Waals surface area contributed by atoms with Crippen molar-refractivity contribution in [3.63, 3.8) is 0 Å². The van der Waals surface area contributed by atoms with Crippen LogP contribution in [0, 0.1) is 0 Å². The number of rotatable bonds is 1. The van der Waals surface area contributed by atoms with Crippen LogP contribution in [0.5, 0.6) is 0 Å². The Hall–Kier alpha value is -1.84. The molecule has 0 spiro atoms. The molecule has 0 aliphatic heterocycles. The molecule has 66 valence electrons. The normalized spacial score (nSPS) is 10.2. The number of fused-ring (bicyclic) bond motifs is 1. The van der Waals surface area contributed by atoms with Gasteiger partial charge in [-0.05, 0) is 12.1 Å². The fourth-order valence-electron chi connectivity index (χ4n) is 1.10. The van der Waals surface area contributed by atoms with Gasteiger partial charge in [0.1, 0.15) is 11.3 Å². The van der Waals surface area contributed by atoms with E-state index >= 15 is 0 Å². The van der Waals surface area contributed by atoms with E-state index in [4.69, 9.17) is 4.42 Å². The molecule has 2 heterocycles. The van der Waals surface area contributed by atoms with Gasteiger partial charge in [-0.2, -0.15) is 0 Å². The van der Waals surface area contributed by atoms with Crippen LogP contribution in [0.3, 0.4) is 0 Å². The molecule has 2 rings (SSSR count). The summed E-state index contributed by atoms with van der Waals surface area (Å²) in [7, 11) is 0. The van der Waals surface area contributed by atoms with Crippen LogP contribution in [-0.2, 0) is 4.79 Å². The molecule has 0 saturated heterocycles. The van der Waals surface area contributed by atoms with Gasteiger partial charge < -0.3 is 9.73 Å². The highest BCUT2D eigenvalue weighted by molar-refractivity contribution is 5.88. The highest BCUT2D eigenvalue weighted by atomic mass is 16.3. The van der Waals surface area contributed by atoms with Crippen molar-refractivity contribution in [3.8, 4) is 0 Å². The summed E-state index contributed by atoms with van der Waals surface area (Å²) >= 11 is 0. The molecule has 4 nitrogen and oxygen atoms in total. The van der Waals surface area contributed by atoms with Crippen LogP contribution in [0.1, 0.15) is 6.92 Å². The second kappa shape index (κ2) is 2.90. The standard InChI is InChI=1S/C9H8N2O2/c1-6(12)10-9-3-2-8-7(11-9)4-5-13-8/h2-5H,1H3,(H,10,11,12). The van der Waals surface area contributed by atoms with Crippen LogP contribution < -0.4 is 5.32 Å². The van der Waals surface area contributed by atoms with Gasteiger partial charge in [0.15, 0.2) is 5.58 Å². The Morgan fingerprint density at radius 3 is 3.08 bits per heavy atom. The van der Waals surface area contributed by atoms with Crippen LogP contribution in [0.25, 0.3) is 11.1 Å². The van der Waals surface area contributed by atoms with Gasteiger partial charge in [0.25, 0.3) is 0 Å². The maximum atomic E-state index is 10.7. The van der Waals surface area contributed by atoms with Gasteiger partial charge in [0.2, 0.25) is 5.91 Å². The summed E-state index contributed by atoms with van der Waals surface area (Å²) in [6.07, 6.45) is 1.56. The van der Waals surface area contributed by atoms with E-state index in [1.165, 1.54) is 6.92 Å². The number of carbonyl (C=O) groups is 1. The third-order valence-electron chi connectivity index (χ3n) is 1.61. The van der Waals surface area contributed by atoms with E-state index in [0.717, 1.165) is 5.52 Å². The largest absolute Gasteiger partial charge is 0.463 e. The Kier molecular flexibility index (Phi) is 1.73. The molecular weight excluding hydrogens is 168 g/mol. The molecule has 0 atom stereocenters. The maximum absolute atomic E-state index is 10.7. The van der Waals surface area contributed by atoms with Gasteiger partial charge in [0.05, 0.1) is 6.26 Å². The fourth-order valence-corrected chi connectivity index (χ4v) is 1.10. The summed E-state index contributed by atoms with van der Waals surface area (Å²) < 4.78 is 5.10. The van der Waals surface area contributed by atoms with Gasteiger partial charge >= 0.3 is 0 Å². The van der Waals surface area contributed by atoms with Crippen molar-refractivity contribution in [2.45, 2.75) is 6.92 Å². The first kappa shape index (κ1) is 7.79. The van der Waals surface area contributed by atoms with E-state index in [2.05, 4.69) is 10.3 Å². The minimum atomic E-state index is -0.129. The average molecular weight is 176 g/mol. The van der Waals surface area contributed by atoms with Crippen molar-refractivity contribution in [1.82, 2.24) is 4.98 Å². The van der Waals surface area contributed by atoms with Crippen molar-refractivity contribution < 1.29 is 9.21 Å². The molecule has 13 heavy (non-hydrogen) atoms. The SMILES string of the molecule is CC(=O)Nc1ccc2occc2n1. The summed E-state index contributed by atoms with van der Waals surface area (Å²) in [5, 5.41) is 2.60. The third kappa shape index (κ3) is 1.51. The molecule has 0 fully saturated rings. The van der Waals surface area contributed by atoms with E-state index in [9.17, 15) is 4.79 Å². The Labute approximate surface area is 74.6 Å². The number of anilines is 1. The molecule has 4 heteroatoms. The lowest BCUT2D eigenvalue weighted by atomic mass is 10.4. The van der Waals surface area contributed by atoms with Crippen LogP contribution >= 0.6 is 0 Å². The molecule has 2 aromatic heterocycles. The van der Waals surface area contributed by atoms with E-state index in [1.54, 1.807) is 24.5 Å². The molecule has 0 aliphatic carbocycles. The molecular formula is C9H8N2O2. The zero-order valence-corrected chi connectivity index (χ0v) is 7.07. The number of nitrogens with one attached hydrogen (secondary N) is 1. The first-order valence-electron chi connectivity index (χ1n) is 3.87. The van der Waals surface area contributed by atoms with Gasteiger partial charge in [0, 0.05) is 13.0 Å². The lowest BCUT2D eigenvalue weighted by Crippen LogP contribution is -2.06. The Morgan fingerprint density at radius 1 is 1.46 bits per heavy atom. The quantitative estimate of drug-likeness (QED) is 0.720. The van der Waals surface area contributed by atoms with Gasteiger partial charge in [-0.25, -0.2) is 4.98 Å². The van der Waals surface area contributed by atoms with Gasteiger partial charge in [-0.15, -0.1) is 0 Å². The summed E-state index contributed by atoms with van der Waals surface area (Å²) in [6.45, 7) is 1.45. The van der Waals surface area contributed by atoms with Crippen molar-refractivity contribution >= 4 is 22.8 Å². The second-order valence-electron chi connectivity index (χ2n) is 2.68. The van der Waals surface area contributed by atoms with E-state index in [0.29, 0.717) is 11.4 Å². The number of pyridine rings is 1. The van der Waals surface area contributed by atoms with Gasteiger partial charge in [-0.1, -0.05) is 0 Å². The molecule has 0 aromatic carbocycles.